The zero-order valence-corrected chi connectivity index (χ0v) is 22.9. The number of hydrogen-bond donors (Lipinski definition) is 4. The van der Waals surface area contributed by atoms with Gasteiger partial charge in [0.2, 0.25) is 12.2 Å². The molecule has 1 aliphatic rings. The van der Waals surface area contributed by atoms with E-state index in [1.807, 2.05) is 6.07 Å². The average Bonchev–Trinajstić information content (AvgIpc) is 2.96. The maximum absolute atomic E-state index is 12.2. The van der Waals surface area contributed by atoms with E-state index in [4.69, 9.17) is 15.2 Å². The van der Waals surface area contributed by atoms with Gasteiger partial charge < -0.3 is 30.7 Å². The smallest absolute Gasteiger partial charge is 0.349 e. The number of rotatable bonds is 8. The minimum absolute atomic E-state index is 0.0332. The highest BCUT2D eigenvalue weighted by molar-refractivity contribution is 5.95. The van der Waals surface area contributed by atoms with Gasteiger partial charge in [0, 0.05) is 12.1 Å². The largest absolute Gasteiger partial charge is 0.478 e. The normalized spacial score (nSPS) is 17.6. The first-order valence-electron chi connectivity index (χ1n) is 13.1. The molecule has 0 spiro atoms. The highest BCUT2D eigenvalue weighted by Crippen LogP contribution is 2.21. The third kappa shape index (κ3) is 8.99. The molecule has 216 valence electrons. The van der Waals surface area contributed by atoms with E-state index < -0.39 is 36.1 Å². The van der Waals surface area contributed by atoms with Crippen LogP contribution in [0.1, 0.15) is 56.3 Å². The number of carbonyl (C=O) groups is 4. The number of benzene rings is 3. The summed E-state index contributed by atoms with van der Waals surface area (Å²) in [5, 5.41) is 22.1. The van der Waals surface area contributed by atoms with Gasteiger partial charge in [-0.25, -0.2) is 19.2 Å². The van der Waals surface area contributed by atoms with E-state index >= 15 is 0 Å². The van der Waals surface area contributed by atoms with Crippen molar-refractivity contribution in [3.8, 4) is 0 Å². The number of carboxylic acid groups (broad SMARTS) is 2. The van der Waals surface area contributed by atoms with Crippen LogP contribution in [-0.2, 0) is 19.1 Å². The van der Waals surface area contributed by atoms with Gasteiger partial charge in [-0.2, -0.15) is 0 Å². The van der Waals surface area contributed by atoms with Crippen molar-refractivity contribution in [2.45, 2.75) is 51.0 Å². The first kappa shape index (κ1) is 31.0. The molecule has 1 heterocycles. The van der Waals surface area contributed by atoms with Crippen molar-refractivity contribution < 1.29 is 38.9 Å². The molecule has 3 aromatic carbocycles. The maximum atomic E-state index is 12.2. The zero-order chi connectivity index (χ0) is 29.9. The van der Waals surface area contributed by atoms with Gasteiger partial charge in [0.25, 0.3) is 0 Å². The van der Waals surface area contributed by atoms with Gasteiger partial charge in [-0.1, -0.05) is 65.7 Å². The van der Waals surface area contributed by atoms with Crippen molar-refractivity contribution in [1.29, 1.82) is 0 Å². The quantitative estimate of drug-likeness (QED) is 0.298. The maximum Gasteiger partial charge on any atom is 0.349 e. The summed E-state index contributed by atoms with van der Waals surface area (Å²) in [5.74, 6) is -5.62. The van der Waals surface area contributed by atoms with Crippen molar-refractivity contribution >= 4 is 23.9 Å². The number of nitrogens with one attached hydrogen (secondary N) is 1. The lowest BCUT2D eigenvalue weighted by molar-refractivity contribution is -0.166. The predicted molar refractivity (Wildman–Crippen MR) is 150 cm³/mol. The SMILES string of the molecule is Cc1ccc(C(=O)O[C@@H](C(=O)O)[C@@H](OC(=O)c2ccc(C)cc2)C(=O)O)cc1.N[C@H]1CCCN[C@H]1c1ccccc1. The number of aliphatic carboxylic acids is 2. The molecule has 41 heavy (non-hydrogen) atoms. The highest BCUT2D eigenvalue weighted by atomic mass is 16.6. The van der Waals surface area contributed by atoms with Crippen LogP contribution in [0.5, 0.6) is 0 Å². The number of carbonyl (C=O) groups excluding carboxylic acids is 2. The molecule has 1 saturated heterocycles. The topological polar surface area (TPSA) is 165 Å². The van der Waals surface area contributed by atoms with Crippen LogP contribution in [0.3, 0.4) is 0 Å². The lowest BCUT2D eigenvalue weighted by atomic mass is 9.93. The molecule has 4 rings (SSSR count). The zero-order valence-electron chi connectivity index (χ0n) is 22.9. The van der Waals surface area contributed by atoms with Crippen LogP contribution in [-0.4, -0.2) is 58.9 Å². The molecule has 1 fully saturated rings. The van der Waals surface area contributed by atoms with E-state index in [1.165, 1.54) is 36.2 Å². The third-order valence-electron chi connectivity index (χ3n) is 6.47. The molecule has 0 saturated carbocycles. The first-order valence-corrected chi connectivity index (χ1v) is 13.1. The lowest BCUT2D eigenvalue weighted by Gasteiger charge is -2.30. The van der Waals surface area contributed by atoms with Crippen LogP contribution < -0.4 is 11.1 Å². The molecule has 4 atom stereocenters. The fraction of sp³-hybridized carbons (Fsp3) is 0.290. The van der Waals surface area contributed by atoms with Gasteiger partial charge >= 0.3 is 23.9 Å². The molecule has 0 aromatic heterocycles. The second-order valence-corrected chi connectivity index (χ2v) is 9.71. The Labute approximate surface area is 238 Å². The third-order valence-corrected chi connectivity index (χ3v) is 6.47. The Kier molecular flexibility index (Phi) is 11.1. The number of hydrogen-bond acceptors (Lipinski definition) is 8. The monoisotopic (exact) mass is 562 g/mol. The molecule has 0 bridgehead atoms. The van der Waals surface area contributed by atoms with E-state index in [-0.39, 0.29) is 17.2 Å². The van der Waals surface area contributed by atoms with E-state index in [0.29, 0.717) is 6.04 Å². The molecule has 10 heteroatoms. The summed E-state index contributed by atoms with van der Waals surface area (Å²) in [6.07, 6.45) is -2.11. The predicted octanol–water partition coefficient (Wildman–Crippen LogP) is 3.66. The Morgan fingerprint density at radius 2 is 1.20 bits per heavy atom. The van der Waals surface area contributed by atoms with Crippen LogP contribution in [0.2, 0.25) is 0 Å². The van der Waals surface area contributed by atoms with Crippen molar-refractivity contribution in [3.63, 3.8) is 0 Å². The Morgan fingerprint density at radius 3 is 1.59 bits per heavy atom. The standard InChI is InChI=1S/C20H18O8.C11H16N2/c1-11-3-7-13(8-4-11)19(25)27-15(17(21)22)16(18(23)24)28-20(26)14-9-5-12(2)6-10-14;12-10-7-4-8-13-11(10)9-5-2-1-3-6-9/h3-10,15-16H,1-2H3,(H,21,22)(H,23,24);1-3,5-6,10-11,13H,4,7-8,12H2/t15-,16-;10-,11-/m10/s1. The minimum atomic E-state index is -2.22. The molecule has 0 amide bonds. The van der Waals surface area contributed by atoms with Gasteiger partial charge in [0.15, 0.2) is 0 Å². The number of carboxylic acids is 2. The van der Waals surface area contributed by atoms with Crippen LogP contribution >= 0.6 is 0 Å². The van der Waals surface area contributed by atoms with Crippen molar-refractivity contribution in [3.05, 3.63) is 107 Å². The molecular weight excluding hydrogens is 528 g/mol. The van der Waals surface area contributed by atoms with Crippen molar-refractivity contribution in [2.24, 2.45) is 5.73 Å². The van der Waals surface area contributed by atoms with Gasteiger partial charge in [-0.15, -0.1) is 0 Å². The molecule has 3 aromatic rings. The van der Waals surface area contributed by atoms with Crippen LogP contribution in [0.25, 0.3) is 0 Å². The molecule has 10 nitrogen and oxygen atoms in total. The van der Waals surface area contributed by atoms with E-state index in [1.54, 1.807) is 38.1 Å². The Bertz CT molecular complexity index is 1250. The summed E-state index contributed by atoms with van der Waals surface area (Å²) in [4.78, 5) is 47.3. The van der Waals surface area contributed by atoms with Gasteiger partial charge in [0.05, 0.1) is 11.1 Å². The molecular formula is C31H34N2O8. The molecule has 1 aliphatic heterocycles. The first-order chi connectivity index (χ1) is 19.6. The van der Waals surface area contributed by atoms with Crippen LogP contribution in [0, 0.1) is 13.8 Å². The van der Waals surface area contributed by atoms with E-state index in [2.05, 4.69) is 29.6 Å². The average molecular weight is 563 g/mol. The van der Waals surface area contributed by atoms with E-state index in [9.17, 15) is 29.4 Å². The number of esters is 2. The summed E-state index contributed by atoms with van der Waals surface area (Å²) in [5.41, 5.74) is 9.15. The van der Waals surface area contributed by atoms with Gasteiger partial charge in [0.1, 0.15) is 0 Å². The second kappa shape index (κ2) is 14.7. The fourth-order valence-electron chi connectivity index (χ4n) is 4.17. The van der Waals surface area contributed by atoms with Gasteiger partial charge in [-0.3, -0.25) is 0 Å². The van der Waals surface area contributed by atoms with Gasteiger partial charge in [-0.05, 0) is 63.1 Å². The number of piperidine rings is 1. The highest BCUT2D eigenvalue weighted by Gasteiger charge is 2.41. The summed E-state index contributed by atoms with van der Waals surface area (Å²) in [7, 11) is 0. The Morgan fingerprint density at radius 1 is 0.756 bits per heavy atom. The number of aryl methyl sites for hydroxylation is 2. The Balaban J connectivity index is 0.000000294. The summed E-state index contributed by atoms with van der Waals surface area (Å²) in [6.45, 7) is 4.67. The second-order valence-electron chi connectivity index (χ2n) is 9.71. The van der Waals surface area contributed by atoms with Crippen molar-refractivity contribution in [2.75, 3.05) is 6.54 Å². The summed E-state index contributed by atoms with van der Waals surface area (Å²) >= 11 is 0. The molecule has 0 radical (unpaired) electrons. The molecule has 0 unspecified atom stereocenters. The number of ether oxygens (including phenoxy) is 2. The minimum Gasteiger partial charge on any atom is -0.478 e. The molecule has 0 aliphatic carbocycles. The van der Waals surface area contributed by atoms with Crippen LogP contribution in [0.4, 0.5) is 0 Å². The van der Waals surface area contributed by atoms with Crippen molar-refractivity contribution in [1.82, 2.24) is 5.32 Å². The van der Waals surface area contributed by atoms with Crippen LogP contribution in [0.15, 0.2) is 78.9 Å². The fourth-order valence-corrected chi connectivity index (χ4v) is 4.17. The summed E-state index contributed by atoms with van der Waals surface area (Å²) in [6, 6.07) is 23.2. The lowest BCUT2D eigenvalue weighted by Crippen LogP contribution is -2.45. The summed E-state index contributed by atoms with van der Waals surface area (Å²) < 4.78 is 9.64. The molecule has 5 N–H and O–H groups in total. The van der Waals surface area contributed by atoms with E-state index in [0.717, 1.165) is 24.1 Å². The number of nitrogens with two attached hydrogens (primary N) is 1. The Hall–Kier alpha value is -4.54.